The van der Waals surface area contributed by atoms with Crippen LogP contribution < -0.4 is 10.2 Å². The van der Waals surface area contributed by atoms with Gasteiger partial charge in [-0.3, -0.25) is 14.5 Å². The molecule has 1 aromatic heterocycles. The number of benzene rings is 1. The summed E-state index contributed by atoms with van der Waals surface area (Å²) in [4.78, 5) is 26.5. The van der Waals surface area contributed by atoms with Crippen LogP contribution in [0.25, 0.3) is 0 Å². The zero-order valence-electron chi connectivity index (χ0n) is 17.7. The van der Waals surface area contributed by atoms with Crippen molar-refractivity contribution < 1.29 is 18.0 Å². The van der Waals surface area contributed by atoms with Gasteiger partial charge in [0.15, 0.2) is 4.34 Å². The third-order valence-corrected chi connectivity index (χ3v) is 9.22. The number of carbonyl (C=O) groups excluding carboxylic acids is 2. The largest absolute Gasteiger partial charge is 0.325 e. The summed E-state index contributed by atoms with van der Waals surface area (Å²) in [7, 11) is -3.47. The summed E-state index contributed by atoms with van der Waals surface area (Å²) in [5, 5.41) is 11.6. The molecule has 1 saturated carbocycles. The average Bonchev–Trinajstić information content (AvgIpc) is 3.26. The molecule has 2 fully saturated rings. The normalized spacial score (nSPS) is 16.8. The lowest BCUT2D eigenvalue weighted by Crippen LogP contribution is -2.32. The van der Waals surface area contributed by atoms with Gasteiger partial charge in [-0.25, -0.2) is 8.42 Å². The molecule has 2 aliphatic rings. The SMILES string of the molecule is CCC(=O)N(c1nnc(SCC(=O)Nc2ccc(S(=O)(=O)N3CCCC3)cc2)s1)C1CC1. The molecule has 0 radical (unpaired) electrons. The molecule has 4 rings (SSSR count). The Balaban J connectivity index is 1.31. The summed E-state index contributed by atoms with van der Waals surface area (Å²) < 4.78 is 27.3. The number of thioether (sulfide) groups is 1. The van der Waals surface area contributed by atoms with Crippen LogP contribution in [0.1, 0.15) is 39.0 Å². The first-order chi connectivity index (χ1) is 15.4. The van der Waals surface area contributed by atoms with Crippen molar-refractivity contribution >= 4 is 55.8 Å². The molecule has 0 unspecified atom stereocenters. The van der Waals surface area contributed by atoms with Crippen molar-refractivity contribution in [2.75, 3.05) is 29.1 Å². The van der Waals surface area contributed by atoms with Crippen LogP contribution >= 0.6 is 23.1 Å². The fourth-order valence-electron chi connectivity index (χ4n) is 3.44. The minimum Gasteiger partial charge on any atom is -0.325 e. The molecule has 0 atom stereocenters. The van der Waals surface area contributed by atoms with Crippen LogP contribution in [-0.2, 0) is 19.6 Å². The number of nitrogens with one attached hydrogen (secondary N) is 1. The average molecular weight is 496 g/mol. The van der Waals surface area contributed by atoms with Gasteiger partial charge in [-0.15, -0.1) is 10.2 Å². The molecule has 172 valence electrons. The molecular weight excluding hydrogens is 470 g/mol. The van der Waals surface area contributed by atoms with E-state index in [2.05, 4.69) is 15.5 Å². The highest BCUT2D eigenvalue weighted by Gasteiger charge is 2.35. The van der Waals surface area contributed by atoms with Gasteiger partial charge in [-0.1, -0.05) is 30.0 Å². The second kappa shape index (κ2) is 9.86. The Morgan fingerprint density at radius 2 is 1.88 bits per heavy atom. The van der Waals surface area contributed by atoms with E-state index in [1.165, 1.54) is 39.5 Å². The minimum absolute atomic E-state index is 0.0353. The molecule has 0 spiro atoms. The van der Waals surface area contributed by atoms with Crippen molar-refractivity contribution in [1.82, 2.24) is 14.5 Å². The van der Waals surface area contributed by atoms with Gasteiger partial charge in [-0.2, -0.15) is 4.31 Å². The Kier molecular flexibility index (Phi) is 7.13. The van der Waals surface area contributed by atoms with Crippen molar-refractivity contribution in [2.45, 2.75) is 54.3 Å². The molecule has 1 saturated heterocycles. The quantitative estimate of drug-likeness (QED) is 0.420. The number of anilines is 2. The fourth-order valence-corrected chi connectivity index (χ4v) is 6.69. The predicted molar refractivity (Wildman–Crippen MR) is 124 cm³/mol. The molecule has 1 aliphatic heterocycles. The zero-order chi connectivity index (χ0) is 22.7. The number of carbonyl (C=O) groups is 2. The smallest absolute Gasteiger partial charge is 0.243 e. The number of hydrogen-bond acceptors (Lipinski definition) is 8. The van der Waals surface area contributed by atoms with E-state index >= 15 is 0 Å². The maximum atomic E-state index is 12.6. The van der Waals surface area contributed by atoms with E-state index in [4.69, 9.17) is 0 Å². The molecule has 9 nitrogen and oxygen atoms in total. The molecule has 1 aromatic carbocycles. The molecule has 2 aromatic rings. The third-order valence-electron chi connectivity index (χ3n) is 5.25. The maximum absolute atomic E-state index is 12.6. The van der Waals surface area contributed by atoms with Crippen molar-refractivity contribution in [1.29, 1.82) is 0 Å². The molecule has 2 amide bonds. The van der Waals surface area contributed by atoms with Gasteiger partial charge in [0.25, 0.3) is 0 Å². The van der Waals surface area contributed by atoms with Gasteiger partial charge in [0.2, 0.25) is 27.0 Å². The van der Waals surface area contributed by atoms with Crippen molar-refractivity contribution in [3.05, 3.63) is 24.3 Å². The van der Waals surface area contributed by atoms with Crippen molar-refractivity contribution in [2.24, 2.45) is 0 Å². The highest BCUT2D eigenvalue weighted by molar-refractivity contribution is 8.01. The molecule has 2 heterocycles. The molecular formula is C20H25N5O4S3. The van der Waals surface area contributed by atoms with Crippen LogP contribution in [0.3, 0.4) is 0 Å². The first-order valence-corrected chi connectivity index (χ1v) is 13.8. The molecule has 12 heteroatoms. The van der Waals surface area contributed by atoms with Gasteiger partial charge >= 0.3 is 0 Å². The highest BCUT2D eigenvalue weighted by atomic mass is 32.2. The number of aromatic nitrogens is 2. The van der Waals surface area contributed by atoms with Gasteiger partial charge in [0, 0.05) is 31.2 Å². The Labute approximate surface area is 195 Å². The second-order valence-corrected chi connectivity index (χ2v) is 11.8. The highest BCUT2D eigenvalue weighted by Crippen LogP contribution is 2.36. The lowest BCUT2D eigenvalue weighted by Gasteiger charge is -2.17. The first-order valence-electron chi connectivity index (χ1n) is 10.6. The van der Waals surface area contributed by atoms with E-state index in [1.54, 1.807) is 17.0 Å². The van der Waals surface area contributed by atoms with E-state index in [1.807, 2.05) is 6.92 Å². The van der Waals surface area contributed by atoms with E-state index in [-0.39, 0.29) is 28.5 Å². The lowest BCUT2D eigenvalue weighted by atomic mass is 10.3. The zero-order valence-corrected chi connectivity index (χ0v) is 20.1. The summed E-state index contributed by atoms with van der Waals surface area (Å²) in [5.41, 5.74) is 0.530. The van der Waals surface area contributed by atoms with Crippen molar-refractivity contribution in [3.63, 3.8) is 0 Å². The lowest BCUT2D eigenvalue weighted by molar-refractivity contribution is -0.118. The number of amides is 2. The number of rotatable bonds is 9. The first kappa shape index (κ1) is 23.1. The van der Waals surface area contributed by atoms with E-state index in [0.29, 0.717) is 34.7 Å². The van der Waals surface area contributed by atoms with Crippen LogP contribution in [0.5, 0.6) is 0 Å². The standard InChI is InChI=1S/C20H25N5O4S3/c1-2-18(27)25(15-7-8-15)19-22-23-20(31-19)30-13-17(26)21-14-5-9-16(10-6-14)32(28,29)24-11-3-4-12-24/h5-6,9-10,15H,2-4,7-8,11-13H2,1H3,(H,21,26). The number of nitrogens with zero attached hydrogens (tertiary/aromatic N) is 4. The molecule has 1 aliphatic carbocycles. The number of sulfonamides is 1. The maximum Gasteiger partial charge on any atom is 0.243 e. The third kappa shape index (κ3) is 5.30. The van der Waals surface area contributed by atoms with E-state index < -0.39 is 10.0 Å². The Morgan fingerprint density at radius 3 is 2.50 bits per heavy atom. The minimum atomic E-state index is -3.47. The molecule has 0 bridgehead atoms. The van der Waals surface area contributed by atoms with E-state index in [0.717, 1.165) is 25.7 Å². The number of hydrogen-bond donors (Lipinski definition) is 1. The van der Waals surface area contributed by atoms with Crippen LogP contribution in [0, 0.1) is 0 Å². The Hall–Kier alpha value is -2.02. The predicted octanol–water partition coefficient (Wildman–Crippen LogP) is 2.96. The van der Waals surface area contributed by atoms with Crippen LogP contribution in [0.15, 0.2) is 33.5 Å². The summed E-state index contributed by atoms with van der Waals surface area (Å²) in [5.74, 6) is -0.0631. The van der Waals surface area contributed by atoms with Crippen molar-refractivity contribution in [3.8, 4) is 0 Å². The van der Waals surface area contributed by atoms with Gasteiger partial charge in [-0.05, 0) is 49.9 Å². The topological polar surface area (TPSA) is 113 Å². The fraction of sp³-hybridized carbons (Fsp3) is 0.500. The van der Waals surface area contributed by atoms with Crippen LogP contribution in [0.2, 0.25) is 0 Å². The van der Waals surface area contributed by atoms with Crippen LogP contribution in [-0.4, -0.2) is 59.6 Å². The van der Waals surface area contributed by atoms with Gasteiger partial charge < -0.3 is 5.32 Å². The molecule has 32 heavy (non-hydrogen) atoms. The summed E-state index contributed by atoms with van der Waals surface area (Å²) in [6, 6.07) is 6.44. The Bertz CT molecular complexity index is 1080. The Morgan fingerprint density at radius 1 is 1.19 bits per heavy atom. The monoisotopic (exact) mass is 495 g/mol. The van der Waals surface area contributed by atoms with Gasteiger partial charge in [0.1, 0.15) is 0 Å². The van der Waals surface area contributed by atoms with E-state index in [9.17, 15) is 18.0 Å². The summed E-state index contributed by atoms with van der Waals surface area (Å²) >= 11 is 2.57. The second-order valence-electron chi connectivity index (χ2n) is 7.67. The summed E-state index contributed by atoms with van der Waals surface area (Å²) in [6.07, 6.45) is 4.14. The molecule has 1 N–H and O–H groups in total. The van der Waals surface area contributed by atoms with Crippen LogP contribution in [0.4, 0.5) is 10.8 Å². The van der Waals surface area contributed by atoms with Gasteiger partial charge in [0.05, 0.1) is 10.6 Å². The summed E-state index contributed by atoms with van der Waals surface area (Å²) in [6.45, 7) is 2.93.